The van der Waals surface area contributed by atoms with Crippen molar-refractivity contribution in [2.45, 2.75) is 83.7 Å². The Morgan fingerprint density at radius 3 is 1.58 bits per heavy atom. The number of rotatable bonds is 23. The molecule has 324 valence electrons. The summed E-state index contributed by atoms with van der Waals surface area (Å²) in [5, 5.41) is 28.7. The van der Waals surface area contributed by atoms with Crippen molar-refractivity contribution in [1.29, 1.82) is 0 Å². The molecule has 2 rings (SSSR count). The highest BCUT2D eigenvalue weighted by Gasteiger charge is 2.30. The first-order valence-electron chi connectivity index (χ1n) is 18.9. The van der Waals surface area contributed by atoms with Crippen LogP contribution in [0.1, 0.15) is 45.7 Å². The quantitative estimate of drug-likeness (QED) is 0.0520. The predicted molar refractivity (Wildman–Crippen MR) is 216 cm³/mol. The van der Waals surface area contributed by atoms with Crippen LogP contribution in [-0.2, 0) is 60.8 Å². The van der Waals surface area contributed by atoms with E-state index in [1.165, 1.54) is 20.8 Å². The highest BCUT2D eigenvalue weighted by molar-refractivity contribution is 6.01. The second-order valence-corrected chi connectivity index (χ2v) is 14.0. The molecule has 0 unspecified atom stereocenters. The van der Waals surface area contributed by atoms with Crippen LogP contribution in [0.4, 0.5) is 0 Å². The van der Waals surface area contributed by atoms with Gasteiger partial charge in [0.2, 0.25) is 53.2 Å². The molecular weight excluding hydrogens is 782 g/mol. The van der Waals surface area contributed by atoms with Crippen molar-refractivity contribution in [3.05, 3.63) is 83.9 Å². The maximum absolute atomic E-state index is 13.6. The summed E-state index contributed by atoms with van der Waals surface area (Å²) in [6.45, 7) is 6.16. The summed E-state index contributed by atoms with van der Waals surface area (Å²) in [7, 11) is 0. The summed E-state index contributed by atoms with van der Waals surface area (Å²) < 4.78 is 0. The van der Waals surface area contributed by atoms with Gasteiger partial charge < -0.3 is 53.4 Å². The molecule has 0 aromatic heterocycles. The number of primary amides is 1. The minimum atomic E-state index is -1.48. The van der Waals surface area contributed by atoms with Crippen molar-refractivity contribution < 1.29 is 53.1 Å². The molecule has 0 radical (unpaired) electrons. The third-order valence-electron chi connectivity index (χ3n) is 8.60. The van der Waals surface area contributed by atoms with Gasteiger partial charge in [-0.3, -0.25) is 43.2 Å². The molecular formula is C40H53N9O11. The molecule has 60 heavy (non-hydrogen) atoms. The summed E-state index contributed by atoms with van der Waals surface area (Å²) in [5.41, 5.74) is 6.68. The molecule has 0 aliphatic rings. The Labute approximate surface area is 346 Å². The fraction of sp³-hybridized carbons (Fsp3) is 0.400. The average Bonchev–Trinajstić information content (AvgIpc) is 3.19. The van der Waals surface area contributed by atoms with Crippen molar-refractivity contribution in [2.24, 2.45) is 11.7 Å². The van der Waals surface area contributed by atoms with Crippen LogP contribution in [0.2, 0.25) is 0 Å². The molecule has 20 heteroatoms. The molecule has 0 heterocycles. The normalized spacial score (nSPS) is 13.8. The molecule has 0 saturated heterocycles. The summed E-state index contributed by atoms with van der Waals surface area (Å²) in [6.07, 6.45) is 1.47. The molecule has 2 aromatic carbocycles. The predicted octanol–water partition coefficient (Wildman–Crippen LogP) is -2.55. The summed E-state index contributed by atoms with van der Waals surface area (Å²) in [4.78, 5) is 125. The van der Waals surface area contributed by atoms with Crippen molar-refractivity contribution in [1.82, 2.24) is 42.5 Å². The number of carboxylic acid groups (broad SMARTS) is 1. The lowest BCUT2D eigenvalue weighted by molar-refractivity contribution is -0.141. The van der Waals surface area contributed by atoms with Gasteiger partial charge in [-0.1, -0.05) is 74.5 Å². The molecule has 0 spiro atoms. The highest BCUT2D eigenvalue weighted by Crippen LogP contribution is 2.07. The van der Waals surface area contributed by atoms with E-state index >= 15 is 0 Å². The Balaban J connectivity index is 2.05. The minimum absolute atomic E-state index is 0.00824. The number of carboxylic acids is 1. The first-order chi connectivity index (χ1) is 28.3. The zero-order valence-corrected chi connectivity index (χ0v) is 33.9. The first-order valence-corrected chi connectivity index (χ1v) is 18.9. The van der Waals surface area contributed by atoms with Gasteiger partial charge in [-0.15, -0.1) is 0 Å². The molecule has 6 atom stereocenters. The van der Waals surface area contributed by atoms with E-state index in [-0.39, 0.29) is 18.8 Å². The third kappa shape index (κ3) is 18.0. The lowest BCUT2D eigenvalue weighted by Gasteiger charge is -2.25. The van der Waals surface area contributed by atoms with Gasteiger partial charge in [0.05, 0.1) is 6.54 Å². The van der Waals surface area contributed by atoms with Gasteiger partial charge in [0, 0.05) is 38.5 Å². The molecule has 20 nitrogen and oxygen atoms in total. The largest absolute Gasteiger partial charge is 0.480 e. The maximum atomic E-state index is 13.6. The molecule has 0 saturated carbocycles. The number of amides is 9. The van der Waals surface area contributed by atoms with Crippen LogP contribution < -0.4 is 48.3 Å². The Morgan fingerprint density at radius 1 is 0.583 bits per heavy atom. The number of benzene rings is 2. The minimum Gasteiger partial charge on any atom is -0.480 e. The standard InChI is InChI=1S/C40H53N9O11/c1-22(2)34(35(41)54)49-37(56)24(4)45-38(57)28(18-26-12-8-6-9-13-26)48-39(58)30(20-42-25(5)50)47-32(52)17-16-31(51)44-23(3)36(55)43-21-33(53)46-29(40(59)60)19-27-14-10-7-11-15-27/h6-17,22-24,28-30,34H,18-21H2,1-5H3,(H2,41,54)(H,42,50)(H,43,55)(H,44,51)(H,45,57)(H,46,53)(H,47,52)(H,48,58)(H,49,56)(H,59,60)/b17-16+/t23-,24-,28-,29-,30-,34-/m0/s1. The SMILES string of the molecule is CC(=O)NC[C@H](NC(=O)/C=C/C(=O)N[C@@H](C)C(=O)NCC(=O)N[C@@H](Cc1ccccc1)C(=O)O)C(=O)N[C@@H](Cc1ccccc1)C(=O)N[C@@H](C)C(=O)N[C@H](C(N)=O)C(C)C. The Kier molecular flexibility index (Phi) is 20.1. The number of nitrogens with one attached hydrogen (secondary N) is 8. The van der Waals surface area contributed by atoms with E-state index in [0.717, 1.165) is 12.2 Å². The van der Waals surface area contributed by atoms with E-state index in [1.807, 2.05) is 0 Å². The number of hydrogen-bond acceptors (Lipinski definition) is 10. The van der Waals surface area contributed by atoms with E-state index in [1.54, 1.807) is 74.5 Å². The van der Waals surface area contributed by atoms with Crippen LogP contribution in [0, 0.1) is 5.92 Å². The molecule has 11 N–H and O–H groups in total. The van der Waals surface area contributed by atoms with Crippen LogP contribution >= 0.6 is 0 Å². The summed E-state index contributed by atoms with van der Waals surface area (Å²) in [6, 6.07) is 9.71. The summed E-state index contributed by atoms with van der Waals surface area (Å²) >= 11 is 0. The van der Waals surface area contributed by atoms with Gasteiger partial charge >= 0.3 is 5.97 Å². The lowest BCUT2D eigenvalue weighted by atomic mass is 10.0. The van der Waals surface area contributed by atoms with Crippen molar-refractivity contribution in [2.75, 3.05) is 13.1 Å². The highest BCUT2D eigenvalue weighted by atomic mass is 16.4. The monoisotopic (exact) mass is 835 g/mol. The van der Waals surface area contributed by atoms with E-state index in [9.17, 15) is 53.1 Å². The number of carbonyl (C=O) groups is 10. The smallest absolute Gasteiger partial charge is 0.326 e. The van der Waals surface area contributed by atoms with Gasteiger partial charge in [-0.2, -0.15) is 0 Å². The first kappa shape index (κ1) is 49.0. The fourth-order valence-corrected chi connectivity index (χ4v) is 5.32. The van der Waals surface area contributed by atoms with E-state index in [0.29, 0.717) is 11.1 Å². The Morgan fingerprint density at radius 2 is 1.08 bits per heavy atom. The zero-order chi connectivity index (χ0) is 44.9. The van der Waals surface area contributed by atoms with Crippen LogP contribution in [0.3, 0.4) is 0 Å². The number of aliphatic carboxylic acids is 1. The lowest BCUT2D eigenvalue weighted by Crippen LogP contribution is -2.59. The second-order valence-electron chi connectivity index (χ2n) is 14.0. The van der Waals surface area contributed by atoms with Gasteiger partial charge in [-0.25, -0.2) is 4.79 Å². The van der Waals surface area contributed by atoms with Gasteiger partial charge in [0.15, 0.2) is 0 Å². The zero-order valence-electron chi connectivity index (χ0n) is 33.9. The maximum Gasteiger partial charge on any atom is 0.326 e. The number of hydrogen-bond donors (Lipinski definition) is 10. The fourth-order valence-electron chi connectivity index (χ4n) is 5.32. The van der Waals surface area contributed by atoms with E-state index in [4.69, 9.17) is 5.73 Å². The molecule has 0 bridgehead atoms. The van der Waals surface area contributed by atoms with E-state index in [2.05, 4.69) is 42.5 Å². The van der Waals surface area contributed by atoms with E-state index < -0.39 is 108 Å². The topological polar surface area (TPSA) is 313 Å². The van der Waals surface area contributed by atoms with Crippen LogP contribution in [0.25, 0.3) is 0 Å². The van der Waals surface area contributed by atoms with Gasteiger partial charge in [0.1, 0.15) is 36.3 Å². The number of carbonyl (C=O) groups excluding carboxylic acids is 9. The van der Waals surface area contributed by atoms with Gasteiger partial charge in [-0.05, 0) is 30.9 Å². The average molecular weight is 836 g/mol. The van der Waals surface area contributed by atoms with Crippen molar-refractivity contribution >= 4 is 59.1 Å². The molecule has 0 aliphatic heterocycles. The third-order valence-corrected chi connectivity index (χ3v) is 8.60. The molecule has 0 aliphatic carbocycles. The van der Waals surface area contributed by atoms with Gasteiger partial charge in [0.25, 0.3) is 0 Å². The van der Waals surface area contributed by atoms with Crippen molar-refractivity contribution in [3.8, 4) is 0 Å². The molecule has 0 fully saturated rings. The van der Waals surface area contributed by atoms with Crippen LogP contribution in [0.5, 0.6) is 0 Å². The number of nitrogens with two attached hydrogens (primary N) is 1. The van der Waals surface area contributed by atoms with Crippen LogP contribution in [-0.4, -0.2) is 114 Å². The van der Waals surface area contributed by atoms with Crippen LogP contribution in [0.15, 0.2) is 72.8 Å². The Bertz CT molecular complexity index is 1890. The summed E-state index contributed by atoms with van der Waals surface area (Å²) in [5.74, 6) is -8.82. The van der Waals surface area contributed by atoms with Crippen molar-refractivity contribution in [3.63, 3.8) is 0 Å². The second kappa shape index (κ2) is 24.6. The molecule has 9 amide bonds. The molecule has 2 aromatic rings. The Hall–Kier alpha value is -7.12.